The molecule has 0 saturated heterocycles. The molecule has 7 heteroatoms. The van der Waals surface area contributed by atoms with Crippen LogP contribution < -0.4 is 5.73 Å². The average Bonchev–Trinajstić information content (AvgIpc) is 2.76. The summed E-state index contributed by atoms with van der Waals surface area (Å²) in [6.07, 6.45) is 1.66. The van der Waals surface area contributed by atoms with Gasteiger partial charge in [-0.15, -0.1) is 0 Å². The quantitative estimate of drug-likeness (QED) is 0.696. The van der Waals surface area contributed by atoms with E-state index in [0.29, 0.717) is 22.4 Å². The van der Waals surface area contributed by atoms with Crippen LogP contribution >= 0.6 is 15.9 Å². The fourth-order valence-electron chi connectivity index (χ4n) is 1.68. The number of halogens is 1. The zero-order chi connectivity index (χ0) is 13.3. The summed E-state index contributed by atoms with van der Waals surface area (Å²) in [5, 5.41) is 15.3. The van der Waals surface area contributed by atoms with E-state index >= 15 is 0 Å². The van der Waals surface area contributed by atoms with Crippen molar-refractivity contribution in [2.75, 3.05) is 0 Å². The first-order chi connectivity index (χ1) is 8.52. The molecule has 1 aromatic carbocycles. The molecule has 0 spiro atoms. The van der Waals surface area contributed by atoms with Gasteiger partial charge in [0.05, 0.1) is 15.1 Å². The van der Waals surface area contributed by atoms with Gasteiger partial charge in [-0.25, -0.2) is 4.68 Å². The third-order valence-corrected chi connectivity index (χ3v) is 3.07. The maximum absolute atomic E-state index is 11.1. The Labute approximate surface area is 112 Å². The standard InChI is InChI=1S/C11H11BrN4O2/c1-7-4-9(12)11(10(5-7)16(17)18)15-3-2-8(6-13)14-15/h2-5H,6,13H2,1H3. The fraction of sp³-hybridized carbons (Fsp3) is 0.182. The Morgan fingerprint density at radius 3 is 2.83 bits per heavy atom. The average molecular weight is 311 g/mol. The second-order valence-corrected chi connectivity index (χ2v) is 4.68. The number of rotatable bonds is 3. The SMILES string of the molecule is Cc1cc(Br)c(-n2ccc(CN)n2)c([N+](=O)[O-])c1. The lowest BCUT2D eigenvalue weighted by Gasteiger charge is -2.07. The molecule has 1 aromatic heterocycles. The largest absolute Gasteiger partial charge is 0.325 e. The van der Waals surface area contributed by atoms with E-state index in [0.717, 1.165) is 5.56 Å². The fourth-order valence-corrected chi connectivity index (χ4v) is 2.42. The predicted octanol–water partition coefficient (Wildman–Crippen LogP) is 2.31. The zero-order valence-corrected chi connectivity index (χ0v) is 11.2. The summed E-state index contributed by atoms with van der Waals surface area (Å²) < 4.78 is 2.09. The first-order valence-corrected chi connectivity index (χ1v) is 6.01. The molecule has 0 aliphatic heterocycles. The number of hydrogen-bond donors (Lipinski definition) is 1. The minimum absolute atomic E-state index is 0.00791. The lowest BCUT2D eigenvalue weighted by Crippen LogP contribution is -2.04. The van der Waals surface area contributed by atoms with E-state index in [2.05, 4.69) is 21.0 Å². The van der Waals surface area contributed by atoms with Crippen molar-refractivity contribution in [3.8, 4) is 5.69 Å². The molecule has 0 aliphatic rings. The highest BCUT2D eigenvalue weighted by molar-refractivity contribution is 9.10. The van der Waals surface area contributed by atoms with Crippen molar-refractivity contribution in [2.45, 2.75) is 13.5 Å². The third kappa shape index (κ3) is 2.27. The lowest BCUT2D eigenvalue weighted by atomic mass is 10.2. The van der Waals surface area contributed by atoms with Crippen LogP contribution in [0.2, 0.25) is 0 Å². The highest BCUT2D eigenvalue weighted by Crippen LogP contribution is 2.31. The van der Waals surface area contributed by atoms with Gasteiger partial charge < -0.3 is 5.73 Å². The molecule has 0 radical (unpaired) electrons. The van der Waals surface area contributed by atoms with Gasteiger partial charge in [0, 0.05) is 18.8 Å². The van der Waals surface area contributed by atoms with Gasteiger partial charge in [-0.3, -0.25) is 10.1 Å². The van der Waals surface area contributed by atoms with Crippen LogP contribution in [0.15, 0.2) is 28.9 Å². The minimum Gasteiger partial charge on any atom is -0.325 e. The summed E-state index contributed by atoms with van der Waals surface area (Å²) >= 11 is 3.34. The number of nitrogens with two attached hydrogens (primary N) is 1. The van der Waals surface area contributed by atoms with Crippen LogP contribution in [0, 0.1) is 17.0 Å². The number of nitrogens with zero attached hydrogens (tertiary/aromatic N) is 3. The summed E-state index contributed by atoms with van der Waals surface area (Å²) in [5.41, 5.74) is 7.38. The van der Waals surface area contributed by atoms with Crippen molar-refractivity contribution in [3.63, 3.8) is 0 Å². The number of hydrogen-bond acceptors (Lipinski definition) is 4. The molecule has 94 valence electrons. The molecule has 2 N–H and O–H groups in total. The summed E-state index contributed by atoms with van der Waals surface area (Å²) in [4.78, 5) is 10.7. The second kappa shape index (κ2) is 4.87. The Hall–Kier alpha value is -1.73. The molecule has 18 heavy (non-hydrogen) atoms. The van der Waals surface area contributed by atoms with Crippen LogP contribution in [0.3, 0.4) is 0 Å². The van der Waals surface area contributed by atoms with Crippen LogP contribution in [0.25, 0.3) is 5.69 Å². The lowest BCUT2D eigenvalue weighted by molar-refractivity contribution is -0.384. The monoisotopic (exact) mass is 310 g/mol. The number of benzene rings is 1. The van der Waals surface area contributed by atoms with Gasteiger partial charge in [0.2, 0.25) is 0 Å². The summed E-state index contributed by atoms with van der Waals surface area (Å²) in [5.74, 6) is 0. The van der Waals surface area contributed by atoms with E-state index < -0.39 is 4.92 Å². The zero-order valence-electron chi connectivity index (χ0n) is 9.63. The van der Waals surface area contributed by atoms with Gasteiger partial charge in [0.25, 0.3) is 5.69 Å². The van der Waals surface area contributed by atoms with Crippen LogP contribution in [-0.4, -0.2) is 14.7 Å². The van der Waals surface area contributed by atoms with Crippen LogP contribution in [0.4, 0.5) is 5.69 Å². The van der Waals surface area contributed by atoms with Gasteiger partial charge in [-0.2, -0.15) is 5.10 Å². The second-order valence-electron chi connectivity index (χ2n) is 3.83. The highest BCUT2D eigenvalue weighted by Gasteiger charge is 2.20. The smallest absolute Gasteiger partial charge is 0.296 e. The van der Waals surface area contributed by atoms with Crippen molar-refractivity contribution in [2.24, 2.45) is 5.73 Å². The van der Waals surface area contributed by atoms with E-state index in [1.807, 2.05) is 6.07 Å². The number of aryl methyl sites for hydroxylation is 1. The topological polar surface area (TPSA) is 87.0 Å². The van der Waals surface area contributed by atoms with Crippen LogP contribution in [0.1, 0.15) is 11.3 Å². The van der Waals surface area contributed by atoms with Gasteiger partial charge >= 0.3 is 0 Å². The first kappa shape index (κ1) is 12.7. The Kier molecular flexibility index (Phi) is 3.44. The van der Waals surface area contributed by atoms with Crippen LogP contribution in [-0.2, 0) is 6.54 Å². The normalized spacial score (nSPS) is 10.6. The molecule has 0 amide bonds. The van der Waals surface area contributed by atoms with E-state index in [1.54, 1.807) is 19.2 Å². The molecule has 0 bridgehead atoms. The van der Waals surface area contributed by atoms with Crippen LogP contribution in [0.5, 0.6) is 0 Å². The van der Waals surface area contributed by atoms with Gasteiger partial charge in [-0.05, 0) is 40.5 Å². The van der Waals surface area contributed by atoms with E-state index in [1.165, 1.54) is 10.7 Å². The number of nitro benzene ring substituents is 1. The maximum atomic E-state index is 11.1. The van der Waals surface area contributed by atoms with Gasteiger partial charge in [0.1, 0.15) is 0 Å². The highest BCUT2D eigenvalue weighted by atomic mass is 79.9. The number of aromatic nitrogens is 2. The third-order valence-electron chi connectivity index (χ3n) is 2.47. The number of nitro groups is 1. The summed E-state index contributed by atoms with van der Waals surface area (Å²) in [6.45, 7) is 2.10. The van der Waals surface area contributed by atoms with Gasteiger partial charge in [0.15, 0.2) is 5.69 Å². The van der Waals surface area contributed by atoms with Crippen molar-refractivity contribution in [1.82, 2.24) is 9.78 Å². The molecule has 0 atom stereocenters. The molecule has 0 unspecified atom stereocenters. The summed E-state index contributed by atoms with van der Waals surface area (Å²) in [7, 11) is 0. The Bertz CT molecular complexity index is 609. The van der Waals surface area contributed by atoms with E-state index in [4.69, 9.17) is 5.73 Å². The van der Waals surface area contributed by atoms with Crippen molar-refractivity contribution >= 4 is 21.6 Å². The molecule has 0 fully saturated rings. The molecule has 2 rings (SSSR count). The van der Waals surface area contributed by atoms with Crippen molar-refractivity contribution in [1.29, 1.82) is 0 Å². The molecule has 1 heterocycles. The molecule has 2 aromatic rings. The molecule has 0 saturated carbocycles. The van der Waals surface area contributed by atoms with E-state index in [-0.39, 0.29) is 5.69 Å². The Morgan fingerprint density at radius 1 is 1.56 bits per heavy atom. The predicted molar refractivity (Wildman–Crippen MR) is 70.5 cm³/mol. The minimum atomic E-state index is -0.420. The molecule has 0 aliphatic carbocycles. The maximum Gasteiger partial charge on any atom is 0.296 e. The Morgan fingerprint density at radius 2 is 2.28 bits per heavy atom. The molecular formula is C11H11BrN4O2. The van der Waals surface area contributed by atoms with E-state index in [9.17, 15) is 10.1 Å². The van der Waals surface area contributed by atoms with Gasteiger partial charge in [-0.1, -0.05) is 0 Å². The van der Waals surface area contributed by atoms with Crippen molar-refractivity contribution < 1.29 is 4.92 Å². The summed E-state index contributed by atoms with van der Waals surface area (Å²) in [6, 6.07) is 5.06. The van der Waals surface area contributed by atoms with Crippen molar-refractivity contribution in [3.05, 3.63) is 50.2 Å². The Balaban J connectivity index is 2.65. The molecule has 6 nitrogen and oxygen atoms in total. The molecular weight excluding hydrogens is 300 g/mol. The first-order valence-electron chi connectivity index (χ1n) is 5.22.